The second-order valence-corrected chi connectivity index (χ2v) is 7.83. The zero-order valence-corrected chi connectivity index (χ0v) is 15.6. The van der Waals surface area contributed by atoms with Crippen molar-refractivity contribution in [3.05, 3.63) is 29.0 Å². The van der Waals surface area contributed by atoms with Crippen LogP contribution in [0.1, 0.15) is 78.8 Å². The molecule has 0 saturated heterocycles. The van der Waals surface area contributed by atoms with Crippen molar-refractivity contribution in [2.24, 2.45) is 0 Å². The van der Waals surface area contributed by atoms with E-state index in [0.29, 0.717) is 40.0 Å². The van der Waals surface area contributed by atoms with Crippen LogP contribution >= 0.6 is 0 Å². The van der Waals surface area contributed by atoms with Crippen molar-refractivity contribution in [3.8, 4) is 5.75 Å². The zero-order valence-electron chi connectivity index (χ0n) is 15.6. The summed E-state index contributed by atoms with van der Waals surface area (Å²) in [6, 6.07) is 3.80. The number of carbonyl (C=O) groups excluding carboxylic acids is 2. The Kier molecular flexibility index (Phi) is 4.05. The van der Waals surface area contributed by atoms with E-state index in [4.69, 9.17) is 9.15 Å². The van der Waals surface area contributed by atoms with Crippen molar-refractivity contribution >= 4 is 22.7 Å². The Morgan fingerprint density at radius 1 is 1.31 bits per heavy atom. The summed E-state index contributed by atoms with van der Waals surface area (Å²) in [7, 11) is 0. The molecule has 1 unspecified atom stereocenters. The van der Waals surface area contributed by atoms with Gasteiger partial charge >= 0.3 is 0 Å². The summed E-state index contributed by atoms with van der Waals surface area (Å²) in [5, 5.41) is 3.77. The van der Waals surface area contributed by atoms with Crippen LogP contribution in [-0.4, -0.2) is 23.3 Å². The lowest BCUT2D eigenvalue weighted by atomic mass is 9.87. The maximum Gasteiger partial charge on any atom is 0.287 e. The maximum absolute atomic E-state index is 12.9. The standard InChI is InChI=1S/C21H25NO4/c1-4-21(3)11-14(23)18-16(26-21)10-9-15-17(18)12(2)19(25-15)20(24)22-13-7-5-6-8-13/h9-10,13H,4-8,11H2,1-3H3,(H,22,24). The van der Waals surface area contributed by atoms with Crippen molar-refractivity contribution in [3.63, 3.8) is 0 Å². The molecule has 0 spiro atoms. The van der Waals surface area contributed by atoms with Crippen LogP contribution in [-0.2, 0) is 0 Å². The van der Waals surface area contributed by atoms with Gasteiger partial charge in [-0.25, -0.2) is 0 Å². The number of Topliss-reactive ketones (excluding diaryl/α,β-unsaturated/α-hetero) is 1. The molecule has 1 aromatic carbocycles. The van der Waals surface area contributed by atoms with E-state index < -0.39 is 5.60 Å². The molecule has 1 aliphatic carbocycles. The number of hydrogen-bond acceptors (Lipinski definition) is 4. The van der Waals surface area contributed by atoms with Gasteiger partial charge in [0.25, 0.3) is 5.91 Å². The molecule has 1 N–H and O–H groups in total. The number of rotatable bonds is 3. The molecule has 1 atom stereocenters. The van der Waals surface area contributed by atoms with E-state index >= 15 is 0 Å². The summed E-state index contributed by atoms with van der Waals surface area (Å²) in [6.07, 6.45) is 5.43. The van der Waals surface area contributed by atoms with E-state index in [0.717, 1.165) is 32.1 Å². The number of aryl methyl sites for hydroxylation is 1. The predicted molar refractivity (Wildman–Crippen MR) is 98.9 cm³/mol. The second kappa shape index (κ2) is 6.15. The lowest BCUT2D eigenvalue weighted by Gasteiger charge is -2.34. The fraction of sp³-hybridized carbons (Fsp3) is 0.524. The van der Waals surface area contributed by atoms with Crippen LogP contribution in [0, 0.1) is 6.92 Å². The molecule has 1 amide bonds. The Hall–Kier alpha value is -2.30. The Bertz CT molecular complexity index is 891. The molecule has 1 aromatic heterocycles. The second-order valence-electron chi connectivity index (χ2n) is 7.83. The molecule has 138 valence electrons. The number of nitrogens with one attached hydrogen (secondary N) is 1. The number of furan rings is 1. The van der Waals surface area contributed by atoms with E-state index in [1.165, 1.54) is 0 Å². The Balaban J connectivity index is 1.75. The summed E-state index contributed by atoms with van der Waals surface area (Å²) in [5.74, 6) is 0.747. The van der Waals surface area contributed by atoms with Crippen LogP contribution in [0.15, 0.2) is 16.5 Å². The van der Waals surface area contributed by atoms with Gasteiger partial charge < -0.3 is 14.5 Å². The number of carbonyl (C=O) groups is 2. The first-order valence-electron chi connectivity index (χ1n) is 9.51. The first-order chi connectivity index (χ1) is 12.4. The Labute approximate surface area is 153 Å². The monoisotopic (exact) mass is 355 g/mol. The minimum Gasteiger partial charge on any atom is -0.486 e. The molecule has 2 aromatic rings. The molecule has 0 radical (unpaired) electrons. The van der Waals surface area contributed by atoms with E-state index in [1.54, 1.807) is 12.1 Å². The molecule has 1 saturated carbocycles. The molecule has 1 aliphatic heterocycles. The van der Waals surface area contributed by atoms with E-state index in [-0.39, 0.29) is 17.7 Å². The molecular weight excluding hydrogens is 330 g/mol. The number of benzene rings is 1. The zero-order chi connectivity index (χ0) is 18.5. The quantitative estimate of drug-likeness (QED) is 0.877. The molecule has 0 bridgehead atoms. The summed E-state index contributed by atoms with van der Waals surface area (Å²) in [5.41, 5.74) is 1.35. The third-order valence-electron chi connectivity index (χ3n) is 5.87. The molecule has 1 fully saturated rings. The van der Waals surface area contributed by atoms with Crippen molar-refractivity contribution in [2.45, 2.75) is 70.9 Å². The van der Waals surface area contributed by atoms with E-state index in [2.05, 4.69) is 5.32 Å². The highest BCUT2D eigenvalue weighted by molar-refractivity contribution is 6.13. The Morgan fingerprint density at radius 3 is 2.73 bits per heavy atom. The third-order valence-corrected chi connectivity index (χ3v) is 5.87. The average Bonchev–Trinajstić information content (AvgIpc) is 3.22. The van der Waals surface area contributed by atoms with Crippen LogP contribution in [0.25, 0.3) is 11.0 Å². The molecule has 2 heterocycles. The SMILES string of the molecule is CCC1(C)CC(=O)c2c(ccc3oc(C(=O)NC4CCCC4)c(C)c23)O1. The third kappa shape index (κ3) is 2.70. The molecule has 5 heteroatoms. The number of amides is 1. The minimum absolute atomic E-state index is 0.0489. The van der Waals surface area contributed by atoms with Crippen molar-refractivity contribution in [1.29, 1.82) is 0 Å². The van der Waals surface area contributed by atoms with Crippen LogP contribution in [0.2, 0.25) is 0 Å². The van der Waals surface area contributed by atoms with Crippen molar-refractivity contribution in [2.75, 3.05) is 0 Å². The predicted octanol–water partition coefficient (Wildman–Crippen LogP) is 4.55. The van der Waals surface area contributed by atoms with Crippen LogP contribution in [0.3, 0.4) is 0 Å². The van der Waals surface area contributed by atoms with Crippen molar-refractivity contribution < 1.29 is 18.7 Å². The average molecular weight is 355 g/mol. The fourth-order valence-electron chi connectivity index (χ4n) is 4.15. The highest BCUT2D eigenvalue weighted by Gasteiger charge is 2.37. The van der Waals surface area contributed by atoms with Crippen LogP contribution in [0.5, 0.6) is 5.75 Å². The molecular formula is C21H25NO4. The number of ketones is 1. The topological polar surface area (TPSA) is 68.5 Å². The van der Waals surface area contributed by atoms with E-state index in [9.17, 15) is 9.59 Å². The van der Waals surface area contributed by atoms with E-state index in [1.807, 2.05) is 20.8 Å². The molecule has 4 rings (SSSR count). The number of hydrogen-bond donors (Lipinski definition) is 1. The van der Waals surface area contributed by atoms with Gasteiger partial charge in [-0.3, -0.25) is 9.59 Å². The minimum atomic E-state index is -0.474. The smallest absolute Gasteiger partial charge is 0.287 e. The Morgan fingerprint density at radius 2 is 2.04 bits per heavy atom. The normalized spacial score (nSPS) is 23.1. The van der Waals surface area contributed by atoms with Gasteiger partial charge in [-0.15, -0.1) is 0 Å². The highest BCUT2D eigenvalue weighted by atomic mass is 16.5. The summed E-state index contributed by atoms with van der Waals surface area (Å²) < 4.78 is 12.0. The van der Waals surface area contributed by atoms with Gasteiger partial charge in [0, 0.05) is 17.0 Å². The fourth-order valence-corrected chi connectivity index (χ4v) is 4.15. The van der Waals surface area contributed by atoms with Crippen LogP contribution < -0.4 is 10.1 Å². The molecule has 26 heavy (non-hydrogen) atoms. The van der Waals surface area contributed by atoms with Gasteiger partial charge in [0.15, 0.2) is 11.5 Å². The summed E-state index contributed by atoms with van der Waals surface area (Å²) >= 11 is 0. The van der Waals surface area contributed by atoms with Gasteiger partial charge in [-0.2, -0.15) is 0 Å². The number of ether oxygens (including phenoxy) is 1. The first-order valence-corrected chi connectivity index (χ1v) is 9.51. The lowest BCUT2D eigenvalue weighted by Crippen LogP contribution is -2.38. The molecule has 2 aliphatic rings. The van der Waals surface area contributed by atoms with Gasteiger partial charge in [0.05, 0.1) is 12.0 Å². The number of fused-ring (bicyclic) bond motifs is 3. The van der Waals surface area contributed by atoms with Gasteiger partial charge in [0.1, 0.15) is 16.9 Å². The summed E-state index contributed by atoms with van der Waals surface area (Å²) in [4.78, 5) is 25.5. The van der Waals surface area contributed by atoms with Gasteiger partial charge in [-0.05, 0) is 45.2 Å². The van der Waals surface area contributed by atoms with Crippen LogP contribution in [0.4, 0.5) is 0 Å². The largest absolute Gasteiger partial charge is 0.486 e. The maximum atomic E-state index is 12.9. The summed E-state index contributed by atoms with van der Waals surface area (Å²) in [6.45, 7) is 5.82. The van der Waals surface area contributed by atoms with Gasteiger partial charge in [-0.1, -0.05) is 19.8 Å². The molecule has 5 nitrogen and oxygen atoms in total. The van der Waals surface area contributed by atoms with Crippen molar-refractivity contribution in [1.82, 2.24) is 5.32 Å². The lowest BCUT2D eigenvalue weighted by molar-refractivity contribution is 0.0503. The van der Waals surface area contributed by atoms with Gasteiger partial charge in [0.2, 0.25) is 0 Å². The highest BCUT2D eigenvalue weighted by Crippen LogP contribution is 2.41. The first kappa shape index (κ1) is 17.1.